The molecule has 0 spiro atoms. The first-order valence-corrected chi connectivity index (χ1v) is 18.1. The van der Waals surface area contributed by atoms with Crippen molar-refractivity contribution in [1.82, 2.24) is 16.0 Å². The van der Waals surface area contributed by atoms with Crippen LogP contribution in [-0.4, -0.2) is 60.6 Å². The van der Waals surface area contributed by atoms with Crippen LogP contribution in [0.25, 0.3) is 0 Å². The van der Waals surface area contributed by atoms with E-state index in [2.05, 4.69) is 57.5 Å². The molecule has 252 valence electrons. The fraction of sp³-hybridized carbons (Fsp3) is 0.857. The number of rotatable bonds is 27. The maximum absolute atomic E-state index is 12.4. The zero-order chi connectivity index (χ0) is 32.6. The molecule has 1 unspecified atom stereocenters. The lowest BCUT2D eigenvalue weighted by Gasteiger charge is -2.33. The van der Waals surface area contributed by atoms with E-state index >= 15 is 0 Å². The first-order valence-electron chi connectivity index (χ1n) is 17.0. The van der Waals surface area contributed by atoms with Crippen LogP contribution in [0.3, 0.4) is 0 Å². The summed E-state index contributed by atoms with van der Waals surface area (Å²) in [6, 6.07) is 0. The van der Waals surface area contributed by atoms with E-state index in [0.717, 1.165) is 29.9 Å². The smallest absolute Gasteiger partial charge is 0.310 e. The van der Waals surface area contributed by atoms with Crippen molar-refractivity contribution in [3.8, 4) is 0 Å². The number of carboxylic acids is 1. The highest BCUT2D eigenvalue weighted by molar-refractivity contribution is 7.99. The van der Waals surface area contributed by atoms with Crippen LogP contribution < -0.4 is 16.0 Å². The largest absolute Gasteiger partial charge is 0.481 e. The van der Waals surface area contributed by atoms with E-state index in [-0.39, 0.29) is 29.1 Å². The Hall–Kier alpha value is -1.54. The minimum atomic E-state index is -0.978. The van der Waals surface area contributed by atoms with Gasteiger partial charge in [0, 0.05) is 44.8 Å². The van der Waals surface area contributed by atoms with Gasteiger partial charge in [-0.2, -0.15) is 11.8 Å². The molecule has 0 radical (unpaired) electrons. The molecule has 0 bridgehead atoms. The van der Waals surface area contributed by atoms with Gasteiger partial charge in [-0.15, -0.1) is 0 Å². The molecule has 0 rings (SSSR count). The van der Waals surface area contributed by atoms with Gasteiger partial charge in [0.1, 0.15) is 0 Å². The van der Waals surface area contributed by atoms with E-state index in [9.17, 15) is 19.5 Å². The lowest BCUT2D eigenvalue weighted by Crippen LogP contribution is -2.37. The van der Waals surface area contributed by atoms with Crippen molar-refractivity contribution in [2.45, 2.75) is 138 Å². The third kappa shape index (κ3) is 27.7. The molecule has 1 atom stereocenters. The molecule has 0 aromatic carbocycles. The van der Waals surface area contributed by atoms with Gasteiger partial charge in [-0.05, 0) is 42.8 Å². The molecule has 0 aromatic heterocycles. The first kappa shape index (κ1) is 41.5. The number of unbranched alkanes of at least 4 members (excludes halogenated alkanes) is 9. The number of carboxylic acid groups (broad SMARTS) is 1. The monoisotopic (exact) mass is 625 g/mol. The SMILES string of the molecule is CCCCCCCCCCCCSCCC(=O)NCCNCCNC(=O)CC(C=C(C)CC(C)(C)CC(C)(C)C)C(=O)O. The van der Waals surface area contributed by atoms with Crippen LogP contribution in [0.2, 0.25) is 0 Å². The molecule has 7 nitrogen and oxygen atoms in total. The van der Waals surface area contributed by atoms with Gasteiger partial charge in [0.25, 0.3) is 0 Å². The Morgan fingerprint density at radius 2 is 1.30 bits per heavy atom. The summed E-state index contributed by atoms with van der Waals surface area (Å²) >= 11 is 1.87. The van der Waals surface area contributed by atoms with Crippen LogP contribution >= 0.6 is 11.8 Å². The van der Waals surface area contributed by atoms with Crippen LogP contribution in [-0.2, 0) is 14.4 Å². The van der Waals surface area contributed by atoms with Crippen LogP contribution in [0.1, 0.15) is 138 Å². The van der Waals surface area contributed by atoms with Crippen molar-refractivity contribution in [2.75, 3.05) is 37.7 Å². The van der Waals surface area contributed by atoms with Gasteiger partial charge in [-0.25, -0.2) is 0 Å². The Morgan fingerprint density at radius 1 is 0.767 bits per heavy atom. The number of allylic oxidation sites excluding steroid dienone is 1. The summed E-state index contributed by atoms with van der Waals surface area (Å²) in [5.41, 5.74) is 1.26. The number of hydrogen-bond donors (Lipinski definition) is 4. The van der Waals surface area contributed by atoms with E-state index in [0.29, 0.717) is 32.6 Å². The molecule has 0 heterocycles. The molecular weight excluding hydrogens is 558 g/mol. The molecule has 8 heteroatoms. The molecule has 0 aliphatic rings. The highest BCUT2D eigenvalue weighted by Gasteiger charge is 2.26. The van der Waals surface area contributed by atoms with E-state index in [1.165, 1.54) is 64.2 Å². The average molecular weight is 626 g/mol. The number of carbonyl (C=O) groups is 3. The second-order valence-corrected chi connectivity index (χ2v) is 15.5. The Morgan fingerprint density at radius 3 is 1.84 bits per heavy atom. The quantitative estimate of drug-likeness (QED) is 0.0549. The standard InChI is InChI=1S/C35H67N3O4S/c1-8-9-10-11-12-13-14-15-16-17-23-43-24-18-31(39)37-21-19-36-20-22-38-32(40)26-30(33(41)42)25-29(2)27-35(6,7)28-34(3,4)5/h25,30,36H,8-24,26-28H2,1-7H3,(H,37,39)(H,38,40)(H,41,42). The van der Waals surface area contributed by atoms with E-state index in [1.54, 1.807) is 6.08 Å². The van der Waals surface area contributed by atoms with Crippen LogP contribution in [0.5, 0.6) is 0 Å². The fourth-order valence-corrected chi connectivity index (χ4v) is 6.84. The van der Waals surface area contributed by atoms with Crippen molar-refractivity contribution in [2.24, 2.45) is 16.7 Å². The summed E-state index contributed by atoms with van der Waals surface area (Å²) in [5, 5.41) is 18.6. The summed E-state index contributed by atoms with van der Waals surface area (Å²) < 4.78 is 0. The normalized spacial score (nSPS) is 13.1. The maximum Gasteiger partial charge on any atom is 0.310 e. The predicted octanol–water partition coefficient (Wildman–Crippen LogP) is 7.74. The Labute approximate surface area is 269 Å². The second-order valence-electron chi connectivity index (χ2n) is 14.2. The van der Waals surface area contributed by atoms with Gasteiger partial charge in [-0.3, -0.25) is 14.4 Å². The lowest BCUT2D eigenvalue weighted by atomic mass is 9.73. The second kappa shape index (κ2) is 24.7. The van der Waals surface area contributed by atoms with Crippen molar-refractivity contribution in [3.05, 3.63) is 11.6 Å². The molecule has 0 aromatic rings. The molecule has 0 aliphatic heterocycles. The summed E-state index contributed by atoms with van der Waals surface area (Å²) in [7, 11) is 0. The number of carbonyl (C=O) groups excluding carboxylic acids is 2. The number of aliphatic carboxylic acids is 1. The maximum atomic E-state index is 12.4. The van der Waals surface area contributed by atoms with Gasteiger partial charge in [0.15, 0.2) is 0 Å². The summed E-state index contributed by atoms with van der Waals surface area (Å²) in [6.45, 7) is 17.4. The van der Waals surface area contributed by atoms with Crippen molar-refractivity contribution < 1.29 is 19.5 Å². The van der Waals surface area contributed by atoms with Gasteiger partial charge >= 0.3 is 5.97 Å². The molecule has 0 fully saturated rings. The Kier molecular flexibility index (Phi) is 23.9. The molecule has 0 aliphatic carbocycles. The van der Waals surface area contributed by atoms with Crippen molar-refractivity contribution in [1.29, 1.82) is 0 Å². The molecule has 4 N–H and O–H groups in total. The minimum Gasteiger partial charge on any atom is -0.481 e. The van der Waals surface area contributed by atoms with Crippen LogP contribution in [0, 0.1) is 16.7 Å². The molecule has 2 amide bonds. The lowest BCUT2D eigenvalue weighted by molar-refractivity contribution is -0.142. The number of nitrogens with one attached hydrogen (secondary N) is 3. The predicted molar refractivity (Wildman–Crippen MR) is 185 cm³/mol. The molecule has 43 heavy (non-hydrogen) atoms. The fourth-order valence-electron chi connectivity index (χ4n) is 5.90. The van der Waals surface area contributed by atoms with E-state index in [1.807, 2.05) is 18.7 Å². The first-order chi connectivity index (χ1) is 20.3. The molecular formula is C35H67N3O4S. The van der Waals surface area contributed by atoms with Gasteiger partial charge in [0.05, 0.1) is 5.92 Å². The topological polar surface area (TPSA) is 108 Å². The van der Waals surface area contributed by atoms with Crippen LogP contribution in [0.4, 0.5) is 0 Å². The zero-order valence-electron chi connectivity index (χ0n) is 28.9. The minimum absolute atomic E-state index is 0.0560. The third-order valence-corrected chi connectivity index (χ3v) is 8.41. The van der Waals surface area contributed by atoms with Gasteiger partial charge < -0.3 is 21.1 Å². The van der Waals surface area contributed by atoms with E-state index in [4.69, 9.17) is 0 Å². The molecule has 0 saturated heterocycles. The highest BCUT2D eigenvalue weighted by Crippen LogP contribution is 2.38. The summed E-state index contributed by atoms with van der Waals surface area (Å²) in [4.78, 5) is 36.2. The van der Waals surface area contributed by atoms with Crippen LogP contribution in [0.15, 0.2) is 11.6 Å². The summed E-state index contributed by atoms with van der Waals surface area (Å²) in [6.07, 6.45) is 17.5. The number of amides is 2. The van der Waals surface area contributed by atoms with Gasteiger partial charge in [0.2, 0.25) is 11.8 Å². The van der Waals surface area contributed by atoms with E-state index < -0.39 is 11.9 Å². The molecule has 0 saturated carbocycles. The zero-order valence-corrected chi connectivity index (χ0v) is 29.7. The number of thioether (sulfide) groups is 1. The third-order valence-electron chi connectivity index (χ3n) is 7.34. The Balaban J connectivity index is 3.88. The Bertz CT molecular complexity index is 792. The van der Waals surface area contributed by atoms with Crippen molar-refractivity contribution >= 4 is 29.5 Å². The van der Waals surface area contributed by atoms with Gasteiger partial charge in [-0.1, -0.05) is 111 Å². The average Bonchev–Trinajstić information content (AvgIpc) is 2.88. The highest BCUT2D eigenvalue weighted by atomic mass is 32.2. The number of hydrogen-bond acceptors (Lipinski definition) is 5. The van der Waals surface area contributed by atoms with Crippen molar-refractivity contribution in [3.63, 3.8) is 0 Å². The summed E-state index contributed by atoms with van der Waals surface area (Å²) in [5.74, 6) is 0.00129.